The molecule has 100 valence electrons. The van der Waals surface area contributed by atoms with E-state index in [9.17, 15) is 0 Å². The molecule has 6 nitrogen and oxygen atoms in total. The second-order valence-electron chi connectivity index (χ2n) is 4.74. The van der Waals surface area contributed by atoms with Crippen LogP contribution in [0.2, 0.25) is 0 Å². The molecule has 3 aromatic rings. The van der Waals surface area contributed by atoms with E-state index < -0.39 is 0 Å². The number of ether oxygens (including phenoxy) is 1. The Morgan fingerprint density at radius 2 is 2.25 bits per heavy atom. The fourth-order valence-corrected chi connectivity index (χ4v) is 2.42. The SMILES string of the molecule is Cc1cc2nnc(-c3cccc4c3OCCN4)n2cn1. The normalized spacial score (nSPS) is 13.7. The van der Waals surface area contributed by atoms with E-state index in [0.717, 1.165) is 40.7 Å². The zero-order valence-corrected chi connectivity index (χ0v) is 11.0. The van der Waals surface area contributed by atoms with Crippen LogP contribution in [0.1, 0.15) is 5.69 Å². The van der Waals surface area contributed by atoms with Crippen LogP contribution in [0.3, 0.4) is 0 Å². The lowest BCUT2D eigenvalue weighted by Gasteiger charge is -2.21. The van der Waals surface area contributed by atoms with Crippen molar-refractivity contribution in [3.63, 3.8) is 0 Å². The van der Waals surface area contributed by atoms with E-state index in [1.54, 1.807) is 6.33 Å². The Labute approximate surface area is 115 Å². The molecule has 3 heterocycles. The van der Waals surface area contributed by atoms with Crippen LogP contribution in [0.4, 0.5) is 5.69 Å². The van der Waals surface area contributed by atoms with Gasteiger partial charge in [-0.25, -0.2) is 4.98 Å². The molecule has 0 atom stereocenters. The summed E-state index contributed by atoms with van der Waals surface area (Å²) in [7, 11) is 0. The van der Waals surface area contributed by atoms with E-state index >= 15 is 0 Å². The van der Waals surface area contributed by atoms with Crippen molar-refractivity contribution in [2.24, 2.45) is 0 Å². The Hall–Kier alpha value is -2.63. The minimum atomic E-state index is 0.651. The highest BCUT2D eigenvalue weighted by Crippen LogP contribution is 2.37. The molecule has 0 radical (unpaired) electrons. The standard InChI is InChI=1S/C14H13N5O/c1-9-7-12-17-18-14(19(12)8-16-9)10-3-2-4-11-13(10)20-6-5-15-11/h2-4,7-8,15H,5-6H2,1H3. The Bertz CT molecular complexity index is 795. The van der Waals surface area contributed by atoms with Crippen LogP contribution < -0.4 is 10.1 Å². The second kappa shape index (κ2) is 4.19. The fourth-order valence-electron chi connectivity index (χ4n) is 2.42. The van der Waals surface area contributed by atoms with Crippen molar-refractivity contribution in [2.75, 3.05) is 18.5 Å². The zero-order valence-electron chi connectivity index (χ0n) is 11.0. The molecule has 6 heteroatoms. The van der Waals surface area contributed by atoms with E-state index in [-0.39, 0.29) is 0 Å². The zero-order chi connectivity index (χ0) is 13.5. The van der Waals surface area contributed by atoms with E-state index in [0.29, 0.717) is 6.61 Å². The minimum Gasteiger partial charge on any atom is -0.489 e. The van der Waals surface area contributed by atoms with Crippen LogP contribution in [0.15, 0.2) is 30.6 Å². The molecule has 1 aromatic carbocycles. The summed E-state index contributed by atoms with van der Waals surface area (Å²) in [5, 5.41) is 11.8. The number of nitrogens with zero attached hydrogens (tertiary/aromatic N) is 4. The largest absolute Gasteiger partial charge is 0.489 e. The molecule has 20 heavy (non-hydrogen) atoms. The van der Waals surface area contributed by atoms with Crippen molar-refractivity contribution in [3.8, 4) is 17.1 Å². The van der Waals surface area contributed by atoms with Gasteiger partial charge in [-0.15, -0.1) is 10.2 Å². The summed E-state index contributed by atoms with van der Waals surface area (Å²) in [5.41, 5.74) is 3.62. The summed E-state index contributed by atoms with van der Waals surface area (Å²) < 4.78 is 7.66. The van der Waals surface area contributed by atoms with Gasteiger partial charge in [0, 0.05) is 18.3 Å². The molecule has 0 spiro atoms. The summed E-state index contributed by atoms with van der Waals surface area (Å²) in [4.78, 5) is 4.30. The topological polar surface area (TPSA) is 64.3 Å². The van der Waals surface area contributed by atoms with Gasteiger partial charge >= 0.3 is 0 Å². The van der Waals surface area contributed by atoms with Crippen molar-refractivity contribution < 1.29 is 4.74 Å². The molecule has 0 fully saturated rings. The van der Waals surface area contributed by atoms with Crippen LogP contribution in [0, 0.1) is 6.92 Å². The molecule has 0 amide bonds. The molecule has 0 aliphatic carbocycles. The summed E-state index contributed by atoms with van der Waals surface area (Å²) in [6.45, 7) is 3.40. The molecule has 1 aliphatic heterocycles. The van der Waals surface area contributed by atoms with Gasteiger partial charge in [-0.3, -0.25) is 4.40 Å². The van der Waals surface area contributed by atoms with Crippen molar-refractivity contribution in [1.82, 2.24) is 19.6 Å². The first-order valence-electron chi connectivity index (χ1n) is 6.50. The quantitative estimate of drug-likeness (QED) is 0.729. The molecule has 4 rings (SSSR count). The second-order valence-corrected chi connectivity index (χ2v) is 4.74. The number of hydrogen-bond donors (Lipinski definition) is 1. The maximum atomic E-state index is 5.79. The Morgan fingerprint density at radius 3 is 3.20 bits per heavy atom. The fraction of sp³-hybridized carbons (Fsp3) is 0.214. The number of nitrogens with one attached hydrogen (secondary N) is 1. The smallest absolute Gasteiger partial charge is 0.173 e. The van der Waals surface area contributed by atoms with Crippen molar-refractivity contribution in [3.05, 3.63) is 36.3 Å². The number of aryl methyl sites for hydroxylation is 1. The van der Waals surface area contributed by atoms with Gasteiger partial charge in [-0.2, -0.15) is 0 Å². The predicted octanol–water partition coefficient (Wildman–Crippen LogP) is 1.90. The van der Waals surface area contributed by atoms with E-state index in [4.69, 9.17) is 4.74 Å². The number of hydrogen-bond acceptors (Lipinski definition) is 5. The van der Waals surface area contributed by atoms with Crippen molar-refractivity contribution >= 4 is 11.3 Å². The molecular weight excluding hydrogens is 254 g/mol. The van der Waals surface area contributed by atoms with Crippen LogP contribution in [-0.4, -0.2) is 32.7 Å². The average Bonchev–Trinajstić information content (AvgIpc) is 2.89. The molecule has 0 saturated heterocycles. The third-order valence-electron chi connectivity index (χ3n) is 3.36. The first kappa shape index (κ1) is 11.2. The average molecular weight is 267 g/mol. The highest BCUT2D eigenvalue weighted by molar-refractivity contribution is 5.76. The summed E-state index contributed by atoms with van der Waals surface area (Å²) in [6, 6.07) is 7.88. The maximum absolute atomic E-state index is 5.79. The summed E-state index contributed by atoms with van der Waals surface area (Å²) in [6.07, 6.45) is 1.75. The molecule has 0 saturated carbocycles. The summed E-state index contributed by atoms with van der Waals surface area (Å²) >= 11 is 0. The number of rotatable bonds is 1. The lowest BCUT2D eigenvalue weighted by molar-refractivity contribution is 0.324. The van der Waals surface area contributed by atoms with Gasteiger partial charge in [0.15, 0.2) is 17.2 Å². The van der Waals surface area contributed by atoms with Crippen molar-refractivity contribution in [1.29, 1.82) is 0 Å². The minimum absolute atomic E-state index is 0.651. The Balaban J connectivity index is 1.95. The molecule has 1 N–H and O–H groups in total. The van der Waals surface area contributed by atoms with Gasteiger partial charge in [0.25, 0.3) is 0 Å². The lowest BCUT2D eigenvalue weighted by atomic mass is 10.1. The Morgan fingerprint density at radius 1 is 1.30 bits per heavy atom. The summed E-state index contributed by atoms with van der Waals surface area (Å²) in [5.74, 6) is 1.57. The van der Waals surface area contributed by atoms with Crippen LogP contribution >= 0.6 is 0 Å². The number of anilines is 1. The number of para-hydroxylation sites is 1. The van der Waals surface area contributed by atoms with E-state index in [1.165, 1.54) is 0 Å². The monoisotopic (exact) mass is 267 g/mol. The van der Waals surface area contributed by atoms with Crippen LogP contribution in [0.5, 0.6) is 5.75 Å². The number of aromatic nitrogens is 4. The predicted molar refractivity (Wildman–Crippen MR) is 74.9 cm³/mol. The third kappa shape index (κ3) is 1.61. The van der Waals surface area contributed by atoms with E-state index in [1.807, 2.05) is 35.6 Å². The third-order valence-corrected chi connectivity index (χ3v) is 3.36. The van der Waals surface area contributed by atoms with Gasteiger partial charge in [0.1, 0.15) is 12.9 Å². The molecule has 0 unspecified atom stereocenters. The van der Waals surface area contributed by atoms with Gasteiger partial charge in [0.05, 0.1) is 11.3 Å². The van der Waals surface area contributed by atoms with Crippen LogP contribution in [-0.2, 0) is 0 Å². The first-order valence-corrected chi connectivity index (χ1v) is 6.50. The molecular formula is C14H13N5O. The van der Waals surface area contributed by atoms with E-state index in [2.05, 4.69) is 20.5 Å². The lowest BCUT2D eigenvalue weighted by Crippen LogP contribution is -2.18. The number of benzene rings is 1. The highest BCUT2D eigenvalue weighted by Gasteiger charge is 2.19. The molecule has 2 aromatic heterocycles. The molecule has 1 aliphatic rings. The number of fused-ring (bicyclic) bond motifs is 2. The maximum Gasteiger partial charge on any atom is 0.173 e. The highest BCUT2D eigenvalue weighted by atomic mass is 16.5. The molecule has 0 bridgehead atoms. The van der Waals surface area contributed by atoms with Crippen LogP contribution in [0.25, 0.3) is 17.0 Å². The Kier molecular flexibility index (Phi) is 2.35. The first-order chi connectivity index (χ1) is 9.83. The van der Waals surface area contributed by atoms with Crippen molar-refractivity contribution in [2.45, 2.75) is 6.92 Å². The van der Waals surface area contributed by atoms with Gasteiger partial charge in [-0.1, -0.05) is 6.07 Å². The van der Waals surface area contributed by atoms with Gasteiger partial charge in [0.2, 0.25) is 0 Å². The van der Waals surface area contributed by atoms with Gasteiger partial charge < -0.3 is 10.1 Å². The van der Waals surface area contributed by atoms with Gasteiger partial charge in [-0.05, 0) is 19.1 Å².